The molecule has 0 radical (unpaired) electrons. The number of hydrogen-bond acceptors (Lipinski definition) is 6. The normalized spacial score (nSPS) is 17.3. The van der Waals surface area contributed by atoms with Gasteiger partial charge in [0.05, 0.1) is 5.75 Å². The van der Waals surface area contributed by atoms with Crippen LogP contribution in [0.2, 0.25) is 5.02 Å². The topological polar surface area (TPSA) is 68.5 Å². The molecule has 1 aliphatic rings. The zero-order valence-electron chi connectivity index (χ0n) is 14.9. The number of amides is 1. The van der Waals surface area contributed by atoms with Crippen molar-refractivity contribution in [2.75, 3.05) is 12.3 Å². The monoisotopic (exact) mass is 395 g/mol. The van der Waals surface area contributed by atoms with E-state index in [1.807, 2.05) is 17.9 Å². The maximum atomic E-state index is 12.3. The zero-order chi connectivity index (χ0) is 18.5. The number of aromatic nitrogens is 2. The van der Waals surface area contributed by atoms with E-state index < -0.39 is 0 Å². The minimum Gasteiger partial charge on any atom is -0.484 e. The van der Waals surface area contributed by atoms with Gasteiger partial charge in [-0.3, -0.25) is 4.79 Å². The van der Waals surface area contributed by atoms with E-state index in [4.69, 9.17) is 20.8 Å². The molecule has 0 saturated carbocycles. The van der Waals surface area contributed by atoms with Crippen molar-refractivity contribution in [2.24, 2.45) is 0 Å². The van der Waals surface area contributed by atoms with Gasteiger partial charge in [-0.15, -0.1) is 10.2 Å². The van der Waals surface area contributed by atoms with Crippen LogP contribution >= 0.6 is 23.4 Å². The van der Waals surface area contributed by atoms with Crippen molar-refractivity contribution >= 4 is 29.3 Å². The molecule has 1 aromatic heterocycles. The van der Waals surface area contributed by atoms with Crippen molar-refractivity contribution in [2.45, 2.75) is 51.0 Å². The summed E-state index contributed by atoms with van der Waals surface area (Å²) in [6.07, 6.45) is 3.34. The molecule has 0 aliphatic carbocycles. The SMILES string of the molecule is Cc1cc(OCc2nnc(SCC(=O)N3CCCCC3C)o2)ccc1Cl. The summed E-state index contributed by atoms with van der Waals surface area (Å²) in [4.78, 5) is 14.3. The molecule has 2 aromatic rings. The third-order valence-electron chi connectivity index (χ3n) is 4.38. The molecule has 2 heterocycles. The second-order valence-corrected chi connectivity index (χ2v) is 7.72. The highest BCUT2D eigenvalue weighted by atomic mass is 35.5. The smallest absolute Gasteiger partial charge is 0.277 e. The van der Waals surface area contributed by atoms with Gasteiger partial charge in [-0.2, -0.15) is 0 Å². The highest BCUT2D eigenvalue weighted by Gasteiger charge is 2.23. The quantitative estimate of drug-likeness (QED) is 0.686. The molecule has 1 fully saturated rings. The molecule has 1 aromatic carbocycles. The summed E-state index contributed by atoms with van der Waals surface area (Å²) >= 11 is 7.26. The molecule has 1 amide bonds. The summed E-state index contributed by atoms with van der Waals surface area (Å²) in [5.41, 5.74) is 0.941. The number of aryl methyl sites for hydroxylation is 1. The Kier molecular flexibility index (Phi) is 6.43. The van der Waals surface area contributed by atoms with E-state index in [1.165, 1.54) is 18.2 Å². The number of rotatable bonds is 6. The fourth-order valence-electron chi connectivity index (χ4n) is 2.88. The van der Waals surface area contributed by atoms with Gasteiger partial charge >= 0.3 is 0 Å². The highest BCUT2D eigenvalue weighted by molar-refractivity contribution is 7.99. The molecule has 140 valence electrons. The Morgan fingerprint density at radius 3 is 3.04 bits per heavy atom. The lowest BCUT2D eigenvalue weighted by molar-refractivity contribution is -0.131. The van der Waals surface area contributed by atoms with Crippen molar-refractivity contribution < 1.29 is 13.9 Å². The molecule has 1 saturated heterocycles. The number of thioether (sulfide) groups is 1. The van der Waals surface area contributed by atoms with E-state index in [9.17, 15) is 4.79 Å². The first-order valence-electron chi connectivity index (χ1n) is 8.66. The van der Waals surface area contributed by atoms with Gasteiger partial charge in [0.2, 0.25) is 5.91 Å². The third kappa shape index (κ3) is 4.92. The molecule has 3 rings (SSSR count). The molecular formula is C18H22ClN3O3S. The zero-order valence-corrected chi connectivity index (χ0v) is 16.5. The Labute approximate surface area is 162 Å². The second kappa shape index (κ2) is 8.77. The van der Waals surface area contributed by atoms with Crippen LogP contribution in [-0.2, 0) is 11.4 Å². The summed E-state index contributed by atoms with van der Waals surface area (Å²) in [6, 6.07) is 5.74. The summed E-state index contributed by atoms with van der Waals surface area (Å²) in [5, 5.41) is 9.01. The Morgan fingerprint density at radius 1 is 1.42 bits per heavy atom. The first kappa shape index (κ1) is 19.0. The number of halogens is 1. The molecule has 0 N–H and O–H groups in total. The van der Waals surface area contributed by atoms with Gasteiger partial charge in [0.15, 0.2) is 6.61 Å². The maximum Gasteiger partial charge on any atom is 0.277 e. The van der Waals surface area contributed by atoms with Crippen LogP contribution in [0.25, 0.3) is 0 Å². The molecule has 0 spiro atoms. The van der Waals surface area contributed by atoms with Crippen molar-refractivity contribution in [3.8, 4) is 5.75 Å². The van der Waals surface area contributed by atoms with Crippen LogP contribution in [0.15, 0.2) is 27.8 Å². The number of benzene rings is 1. The summed E-state index contributed by atoms with van der Waals surface area (Å²) in [5.74, 6) is 1.49. The van der Waals surface area contributed by atoms with Crippen LogP contribution < -0.4 is 4.74 Å². The lowest BCUT2D eigenvalue weighted by atomic mass is 10.0. The third-order valence-corrected chi connectivity index (χ3v) is 5.61. The molecule has 6 nitrogen and oxygen atoms in total. The van der Waals surface area contributed by atoms with Crippen LogP contribution in [-0.4, -0.2) is 39.3 Å². The number of nitrogens with zero attached hydrogens (tertiary/aromatic N) is 3. The van der Waals surface area contributed by atoms with E-state index in [0.29, 0.717) is 33.7 Å². The standard InChI is InChI=1S/C18H22ClN3O3S/c1-12-9-14(6-7-15(12)19)24-10-16-20-21-18(25-16)26-11-17(23)22-8-4-3-5-13(22)2/h6-7,9,13H,3-5,8,10-11H2,1-2H3. The Bertz CT molecular complexity index is 768. The predicted molar refractivity (Wildman–Crippen MR) is 101 cm³/mol. The Hall–Kier alpha value is -1.73. The highest BCUT2D eigenvalue weighted by Crippen LogP contribution is 2.23. The fourth-order valence-corrected chi connectivity index (χ4v) is 3.67. The summed E-state index contributed by atoms with van der Waals surface area (Å²) in [6.45, 7) is 5.02. The number of hydrogen-bond donors (Lipinski definition) is 0. The number of ether oxygens (including phenoxy) is 1. The second-order valence-electron chi connectivity index (χ2n) is 6.38. The summed E-state index contributed by atoms with van der Waals surface area (Å²) in [7, 11) is 0. The van der Waals surface area contributed by atoms with Crippen LogP contribution in [0, 0.1) is 6.92 Å². The molecule has 0 bridgehead atoms. The van der Waals surface area contributed by atoms with Crippen LogP contribution in [0.5, 0.6) is 5.75 Å². The molecule has 1 aliphatic heterocycles. The first-order chi connectivity index (χ1) is 12.5. The molecule has 8 heteroatoms. The van der Waals surface area contributed by atoms with Crippen molar-refractivity contribution in [1.82, 2.24) is 15.1 Å². The van der Waals surface area contributed by atoms with E-state index in [1.54, 1.807) is 12.1 Å². The van der Waals surface area contributed by atoms with Crippen LogP contribution in [0.4, 0.5) is 0 Å². The largest absolute Gasteiger partial charge is 0.484 e. The van der Waals surface area contributed by atoms with Crippen molar-refractivity contribution in [3.63, 3.8) is 0 Å². The van der Waals surface area contributed by atoms with E-state index in [-0.39, 0.29) is 12.5 Å². The van der Waals surface area contributed by atoms with Gasteiger partial charge in [-0.1, -0.05) is 23.4 Å². The maximum absolute atomic E-state index is 12.3. The van der Waals surface area contributed by atoms with Gasteiger partial charge < -0.3 is 14.1 Å². The van der Waals surface area contributed by atoms with E-state index in [2.05, 4.69) is 17.1 Å². The van der Waals surface area contributed by atoms with Crippen molar-refractivity contribution in [1.29, 1.82) is 0 Å². The minimum atomic E-state index is 0.120. The van der Waals surface area contributed by atoms with E-state index in [0.717, 1.165) is 24.9 Å². The average Bonchev–Trinajstić information content (AvgIpc) is 3.09. The molecule has 1 unspecified atom stereocenters. The average molecular weight is 396 g/mol. The summed E-state index contributed by atoms with van der Waals surface area (Å²) < 4.78 is 11.2. The van der Waals surface area contributed by atoms with Crippen LogP contribution in [0.3, 0.4) is 0 Å². The number of carbonyl (C=O) groups excluding carboxylic acids is 1. The van der Waals surface area contributed by atoms with Gasteiger partial charge in [-0.25, -0.2) is 0 Å². The number of likely N-dealkylation sites (tertiary alicyclic amines) is 1. The minimum absolute atomic E-state index is 0.120. The van der Waals surface area contributed by atoms with Gasteiger partial charge in [0, 0.05) is 17.6 Å². The van der Waals surface area contributed by atoms with Gasteiger partial charge in [0.25, 0.3) is 11.1 Å². The number of carbonyl (C=O) groups is 1. The van der Waals surface area contributed by atoms with Gasteiger partial charge in [-0.05, 0) is 56.9 Å². The lowest BCUT2D eigenvalue weighted by Crippen LogP contribution is -2.42. The molecule has 26 heavy (non-hydrogen) atoms. The Morgan fingerprint density at radius 2 is 2.27 bits per heavy atom. The van der Waals surface area contributed by atoms with Gasteiger partial charge in [0.1, 0.15) is 5.75 Å². The lowest BCUT2D eigenvalue weighted by Gasteiger charge is -2.33. The molecule has 1 atom stereocenters. The predicted octanol–water partition coefficient (Wildman–Crippen LogP) is 4.10. The first-order valence-corrected chi connectivity index (χ1v) is 10.0. The molecular weight excluding hydrogens is 374 g/mol. The van der Waals surface area contributed by atoms with E-state index >= 15 is 0 Å². The Balaban J connectivity index is 1.48. The van der Waals surface area contributed by atoms with Crippen molar-refractivity contribution in [3.05, 3.63) is 34.7 Å². The van der Waals surface area contributed by atoms with Crippen LogP contribution in [0.1, 0.15) is 37.6 Å². The number of piperidine rings is 1. The fraction of sp³-hybridized carbons (Fsp3) is 0.500.